The molecule has 0 amide bonds. The van der Waals surface area contributed by atoms with Crippen molar-refractivity contribution in [1.82, 2.24) is 5.16 Å². The molecule has 5 nitrogen and oxygen atoms in total. The summed E-state index contributed by atoms with van der Waals surface area (Å²) in [7, 11) is 1.67. The van der Waals surface area contributed by atoms with Crippen LogP contribution in [0, 0.1) is 6.92 Å². The maximum Gasteiger partial charge on any atom is 0.170 e. The highest BCUT2D eigenvalue weighted by atomic mass is 79.9. The van der Waals surface area contributed by atoms with E-state index in [9.17, 15) is 4.79 Å². The summed E-state index contributed by atoms with van der Waals surface area (Å²) < 4.78 is 11.5. The molecule has 1 atom stereocenters. The van der Waals surface area contributed by atoms with Gasteiger partial charge in [-0.1, -0.05) is 57.5 Å². The van der Waals surface area contributed by atoms with E-state index in [0.29, 0.717) is 25.1 Å². The highest BCUT2D eigenvalue weighted by molar-refractivity contribution is 9.10. The van der Waals surface area contributed by atoms with E-state index in [1.807, 2.05) is 55.5 Å². The van der Waals surface area contributed by atoms with Crippen molar-refractivity contribution in [2.75, 3.05) is 12.4 Å². The molecule has 6 heteroatoms. The summed E-state index contributed by atoms with van der Waals surface area (Å²) in [4.78, 5) is 12.9. The number of benzene rings is 3. The molecule has 0 aliphatic carbocycles. The minimum absolute atomic E-state index is 0.177. The lowest BCUT2D eigenvalue weighted by atomic mass is 9.97. The Morgan fingerprint density at radius 1 is 1.06 bits per heavy atom. The summed E-state index contributed by atoms with van der Waals surface area (Å²) in [6, 6.07) is 22.0. The lowest BCUT2D eigenvalue weighted by molar-refractivity contribution is -0.119. The molecule has 0 aliphatic rings. The lowest BCUT2D eigenvalue weighted by Gasteiger charge is -2.18. The topological polar surface area (TPSA) is 64.4 Å². The van der Waals surface area contributed by atoms with Crippen molar-refractivity contribution in [1.29, 1.82) is 0 Å². The summed E-state index contributed by atoms with van der Waals surface area (Å²) in [5.74, 6) is 2.39. The second-order valence-corrected chi connectivity index (χ2v) is 8.78. The molecule has 4 rings (SSSR count). The molecule has 3 aromatic carbocycles. The molecule has 1 aromatic heterocycles. The van der Waals surface area contributed by atoms with E-state index in [-0.39, 0.29) is 11.8 Å². The van der Waals surface area contributed by atoms with Gasteiger partial charge in [0.25, 0.3) is 0 Å². The third-order valence-corrected chi connectivity index (χ3v) is 5.99. The zero-order chi connectivity index (χ0) is 22.5. The number of rotatable bonds is 9. The predicted molar refractivity (Wildman–Crippen MR) is 130 cm³/mol. The zero-order valence-electron chi connectivity index (χ0n) is 18.1. The zero-order valence-corrected chi connectivity index (χ0v) is 19.7. The summed E-state index contributed by atoms with van der Waals surface area (Å²) in [5, 5.41) is 9.64. The fourth-order valence-electron chi connectivity index (χ4n) is 3.73. The number of hydrogen-bond acceptors (Lipinski definition) is 5. The Bertz CT molecular complexity index is 1220. The van der Waals surface area contributed by atoms with Crippen LogP contribution in [0.2, 0.25) is 0 Å². The summed E-state index contributed by atoms with van der Waals surface area (Å²) in [5.41, 5.74) is 2.18. The molecule has 32 heavy (non-hydrogen) atoms. The average Bonchev–Trinajstić information content (AvgIpc) is 3.21. The van der Waals surface area contributed by atoms with E-state index in [4.69, 9.17) is 9.26 Å². The van der Waals surface area contributed by atoms with E-state index >= 15 is 0 Å². The fourth-order valence-corrected chi connectivity index (χ4v) is 3.99. The van der Waals surface area contributed by atoms with Crippen molar-refractivity contribution < 1.29 is 14.1 Å². The van der Waals surface area contributed by atoms with Crippen molar-refractivity contribution in [2.45, 2.75) is 32.2 Å². The number of aryl methyl sites for hydroxylation is 2. The van der Waals surface area contributed by atoms with Crippen molar-refractivity contribution in [3.8, 4) is 5.75 Å². The van der Waals surface area contributed by atoms with Gasteiger partial charge in [0.15, 0.2) is 5.82 Å². The van der Waals surface area contributed by atoms with Crippen LogP contribution in [0.25, 0.3) is 10.8 Å². The van der Waals surface area contributed by atoms with E-state index in [1.54, 1.807) is 7.11 Å². The second-order valence-electron chi connectivity index (χ2n) is 7.86. The molecule has 0 bridgehead atoms. The number of halogens is 1. The van der Waals surface area contributed by atoms with Crippen molar-refractivity contribution in [2.24, 2.45) is 0 Å². The Hall–Kier alpha value is -3.12. The van der Waals surface area contributed by atoms with Gasteiger partial charge in [0.2, 0.25) is 0 Å². The van der Waals surface area contributed by atoms with Crippen LogP contribution >= 0.6 is 15.9 Å². The molecule has 1 unspecified atom stereocenters. The number of aromatic nitrogens is 1. The Kier molecular flexibility index (Phi) is 6.90. The molecule has 0 aliphatic heterocycles. The van der Waals surface area contributed by atoms with Gasteiger partial charge in [0, 0.05) is 23.4 Å². The molecular weight excluding hydrogens is 468 g/mol. The Morgan fingerprint density at radius 3 is 2.53 bits per heavy atom. The van der Waals surface area contributed by atoms with Crippen LogP contribution in [0.15, 0.2) is 75.7 Å². The summed E-state index contributed by atoms with van der Waals surface area (Å²) in [6.45, 7) is 1.84. The number of hydrogen-bond donors (Lipinski definition) is 1. The number of nitrogens with zero attached hydrogens (tertiary/aromatic N) is 1. The largest absolute Gasteiger partial charge is 0.497 e. The number of nitrogens with one attached hydrogen (secondary N) is 1. The third kappa shape index (κ3) is 5.56. The highest BCUT2D eigenvalue weighted by Gasteiger charge is 2.18. The quantitative estimate of drug-likeness (QED) is 0.283. The first kappa shape index (κ1) is 22.1. The predicted octanol–water partition coefficient (Wildman–Crippen LogP) is 6.65. The van der Waals surface area contributed by atoms with Gasteiger partial charge < -0.3 is 14.6 Å². The van der Waals surface area contributed by atoms with Gasteiger partial charge in [-0.05, 0) is 59.5 Å². The van der Waals surface area contributed by atoms with E-state index in [1.165, 1.54) is 0 Å². The average molecular weight is 493 g/mol. The monoisotopic (exact) mass is 492 g/mol. The van der Waals surface area contributed by atoms with Crippen molar-refractivity contribution in [3.05, 3.63) is 88.1 Å². The molecule has 0 fully saturated rings. The maximum atomic E-state index is 12.9. The van der Waals surface area contributed by atoms with E-state index in [0.717, 1.165) is 37.9 Å². The SMILES string of the molecule is COc1ccc2cc(CCC(=O)CC(Nc3cc(C)on3)c3ccc(Br)cc3)ccc2c1. The standard InChI is InChI=1S/C26H25BrN2O3/c1-17-13-26(29-32-17)28-25(19-6-9-22(27)10-7-19)16-23(30)11-4-18-3-5-21-15-24(31-2)12-8-20(21)14-18/h3,5-10,12-15,25H,4,11,16H2,1-2H3,(H,28,29). The van der Waals surface area contributed by atoms with Crippen LogP contribution in [0.4, 0.5) is 5.82 Å². The molecule has 0 saturated carbocycles. The number of ketones is 1. The van der Waals surface area contributed by atoms with E-state index in [2.05, 4.69) is 44.6 Å². The molecule has 1 heterocycles. The van der Waals surface area contributed by atoms with Gasteiger partial charge in [0.1, 0.15) is 17.3 Å². The van der Waals surface area contributed by atoms with Gasteiger partial charge in [-0.25, -0.2) is 0 Å². The number of Topliss-reactive ketones (excluding diaryl/α,β-unsaturated/α-hetero) is 1. The van der Waals surface area contributed by atoms with Crippen LogP contribution in [0.3, 0.4) is 0 Å². The highest BCUT2D eigenvalue weighted by Crippen LogP contribution is 2.26. The third-order valence-electron chi connectivity index (χ3n) is 5.46. The normalized spacial score (nSPS) is 12.0. The first-order chi connectivity index (χ1) is 15.5. The Balaban J connectivity index is 1.43. The molecule has 4 aromatic rings. The van der Waals surface area contributed by atoms with Gasteiger partial charge in [-0.2, -0.15) is 0 Å². The fraction of sp³-hybridized carbons (Fsp3) is 0.231. The number of methoxy groups -OCH3 is 1. The first-order valence-electron chi connectivity index (χ1n) is 10.5. The van der Waals surface area contributed by atoms with Crippen LogP contribution in [0.1, 0.15) is 35.8 Å². The molecular formula is C26H25BrN2O3. The summed E-state index contributed by atoms with van der Waals surface area (Å²) >= 11 is 3.47. The number of carbonyl (C=O) groups is 1. The second kappa shape index (κ2) is 10.0. The van der Waals surface area contributed by atoms with Gasteiger partial charge in [-0.3, -0.25) is 4.79 Å². The van der Waals surface area contributed by atoms with Gasteiger partial charge in [-0.15, -0.1) is 0 Å². The smallest absolute Gasteiger partial charge is 0.170 e. The van der Waals surface area contributed by atoms with Crippen molar-refractivity contribution >= 4 is 38.3 Å². The number of fused-ring (bicyclic) bond motifs is 1. The Labute approximate surface area is 195 Å². The van der Waals surface area contributed by atoms with E-state index < -0.39 is 0 Å². The number of carbonyl (C=O) groups excluding carboxylic acids is 1. The van der Waals surface area contributed by atoms with Crippen LogP contribution in [-0.4, -0.2) is 18.0 Å². The number of anilines is 1. The molecule has 164 valence electrons. The van der Waals surface area contributed by atoms with Crippen LogP contribution in [-0.2, 0) is 11.2 Å². The molecule has 1 N–H and O–H groups in total. The van der Waals surface area contributed by atoms with Crippen LogP contribution in [0.5, 0.6) is 5.75 Å². The van der Waals surface area contributed by atoms with Crippen molar-refractivity contribution in [3.63, 3.8) is 0 Å². The summed E-state index contributed by atoms with van der Waals surface area (Å²) in [6.07, 6.45) is 1.56. The van der Waals surface area contributed by atoms with Gasteiger partial charge >= 0.3 is 0 Å². The number of ether oxygens (including phenoxy) is 1. The minimum Gasteiger partial charge on any atom is -0.497 e. The molecule has 0 spiro atoms. The Morgan fingerprint density at radius 2 is 1.81 bits per heavy atom. The van der Waals surface area contributed by atoms with Gasteiger partial charge in [0.05, 0.1) is 13.2 Å². The molecule has 0 saturated heterocycles. The maximum absolute atomic E-state index is 12.9. The lowest BCUT2D eigenvalue weighted by Crippen LogP contribution is -2.16. The van der Waals surface area contributed by atoms with Crippen LogP contribution < -0.4 is 10.1 Å². The minimum atomic E-state index is -0.177. The first-order valence-corrected chi connectivity index (χ1v) is 11.3. The molecule has 0 radical (unpaired) electrons.